The van der Waals surface area contributed by atoms with Gasteiger partial charge in [0.2, 0.25) is 11.8 Å². The van der Waals surface area contributed by atoms with Crippen LogP contribution in [0.2, 0.25) is 0 Å². The van der Waals surface area contributed by atoms with Gasteiger partial charge in [-0.25, -0.2) is 0 Å². The Kier molecular flexibility index (Phi) is 5.56. The number of hydrogen-bond donors (Lipinski definition) is 1. The molecule has 152 valence electrons. The number of piperidine rings is 1. The summed E-state index contributed by atoms with van der Waals surface area (Å²) in [6, 6.07) is 17.1. The Morgan fingerprint density at radius 3 is 2.52 bits per heavy atom. The van der Waals surface area contributed by atoms with E-state index in [2.05, 4.69) is 12.2 Å². The van der Waals surface area contributed by atoms with E-state index in [0.29, 0.717) is 30.0 Å². The van der Waals surface area contributed by atoms with Crippen molar-refractivity contribution in [3.63, 3.8) is 0 Å². The molecule has 1 aliphatic carbocycles. The average Bonchev–Trinajstić information content (AvgIpc) is 3.57. The summed E-state index contributed by atoms with van der Waals surface area (Å²) in [5.74, 6) is 1.06. The second kappa shape index (κ2) is 8.27. The third-order valence-electron chi connectivity index (χ3n) is 6.06. The van der Waals surface area contributed by atoms with Crippen molar-refractivity contribution in [2.75, 3.05) is 11.9 Å². The number of anilines is 1. The summed E-state index contributed by atoms with van der Waals surface area (Å²) in [5.41, 5.74) is -0.323. The van der Waals surface area contributed by atoms with Crippen LogP contribution in [0.4, 0.5) is 5.69 Å². The summed E-state index contributed by atoms with van der Waals surface area (Å²) in [7, 11) is 0. The van der Waals surface area contributed by atoms with Crippen LogP contribution < -0.4 is 10.1 Å². The molecule has 0 radical (unpaired) electrons. The van der Waals surface area contributed by atoms with Gasteiger partial charge in [-0.15, -0.1) is 0 Å². The SMILES string of the molecule is CCC1CCCCN1C(=O)C1(C(=O)Nc2ccccc2Oc2ccccc2)CC1. The van der Waals surface area contributed by atoms with Gasteiger partial charge >= 0.3 is 0 Å². The normalized spacial score (nSPS) is 20.0. The smallest absolute Gasteiger partial charge is 0.240 e. The number of hydrogen-bond acceptors (Lipinski definition) is 3. The van der Waals surface area contributed by atoms with Crippen LogP contribution in [-0.4, -0.2) is 29.3 Å². The molecule has 5 heteroatoms. The second-order valence-corrected chi connectivity index (χ2v) is 8.00. The number of rotatable bonds is 6. The number of nitrogens with one attached hydrogen (secondary N) is 1. The molecule has 1 aliphatic heterocycles. The van der Waals surface area contributed by atoms with Crippen molar-refractivity contribution in [2.45, 2.75) is 51.5 Å². The van der Waals surface area contributed by atoms with Gasteiger partial charge in [-0.1, -0.05) is 37.3 Å². The highest BCUT2D eigenvalue weighted by molar-refractivity contribution is 6.13. The quantitative estimate of drug-likeness (QED) is 0.705. The molecule has 2 aromatic rings. The minimum absolute atomic E-state index is 0.00279. The average molecular weight is 392 g/mol. The van der Waals surface area contributed by atoms with E-state index in [9.17, 15) is 9.59 Å². The number of amides is 2. The van der Waals surface area contributed by atoms with Crippen LogP contribution in [0.5, 0.6) is 11.5 Å². The van der Waals surface area contributed by atoms with Gasteiger partial charge in [-0.3, -0.25) is 9.59 Å². The molecule has 1 saturated heterocycles. The molecule has 0 aromatic heterocycles. The first kappa shape index (κ1) is 19.5. The van der Waals surface area contributed by atoms with E-state index in [4.69, 9.17) is 4.74 Å². The number of nitrogens with zero attached hydrogens (tertiary/aromatic N) is 1. The second-order valence-electron chi connectivity index (χ2n) is 8.00. The summed E-state index contributed by atoms with van der Waals surface area (Å²) < 4.78 is 5.94. The zero-order chi connectivity index (χ0) is 20.3. The number of carbonyl (C=O) groups is 2. The zero-order valence-corrected chi connectivity index (χ0v) is 16.9. The number of ether oxygens (including phenoxy) is 1. The van der Waals surface area contributed by atoms with Crippen molar-refractivity contribution in [3.8, 4) is 11.5 Å². The molecule has 1 heterocycles. The molecule has 2 aromatic carbocycles. The highest BCUT2D eigenvalue weighted by atomic mass is 16.5. The van der Waals surface area contributed by atoms with Gasteiger partial charge in [0.15, 0.2) is 5.75 Å². The highest BCUT2D eigenvalue weighted by Crippen LogP contribution is 2.49. The lowest BCUT2D eigenvalue weighted by molar-refractivity contribution is -0.145. The zero-order valence-electron chi connectivity index (χ0n) is 16.9. The standard InChI is InChI=1S/C24H28N2O3/c1-2-18-10-8-9-17-26(18)23(28)24(15-16-24)22(27)25-20-13-6-7-14-21(20)29-19-11-4-3-5-12-19/h3-7,11-14,18H,2,8-10,15-17H2,1H3,(H,25,27). The Balaban J connectivity index is 1.50. The number of likely N-dealkylation sites (tertiary alicyclic amines) is 1. The first-order chi connectivity index (χ1) is 14.1. The van der Waals surface area contributed by atoms with E-state index >= 15 is 0 Å². The van der Waals surface area contributed by atoms with Crippen molar-refractivity contribution < 1.29 is 14.3 Å². The molecule has 1 saturated carbocycles. The Hall–Kier alpha value is -2.82. The molecule has 0 spiro atoms. The Labute approximate surface area is 172 Å². The van der Waals surface area contributed by atoms with Crippen LogP contribution in [0.3, 0.4) is 0 Å². The lowest BCUT2D eigenvalue weighted by Crippen LogP contribution is -2.49. The minimum Gasteiger partial charge on any atom is -0.455 e. The summed E-state index contributed by atoms with van der Waals surface area (Å²) in [5, 5.41) is 2.97. The Morgan fingerprint density at radius 2 is 1.79 bits per heavy atom. The van der Waals surface area contributed by atoms with Gasteiger partial charge in [0.05, 0.1) is 5.69 Å². The molecule has 29 heavy (non-hydrogen) atoms. The predicted octanol–water partition coefficient (Wildman–Crippen LogP) is 4.99. The van der Waals surface area contributed by atoms with E-state index in [1.807, 2.05) is 59.5 Å². The topological polar surface area (TPSA) is 58.6 Å². The molecule has 4 rings (SSSR count). The highest BCUT2D eigenvalue weighted by Gasteiger charge is 2.58. The first-order valence-corrected chi connectivity index (χ1v) is 10.6. The fourth-order valence-corrected chi connectivity index (χ4v) is 4.15. The molecule has 2 aliphatic rings. The van der Waals surface area contributed by atoms with E-state index < -0.39 is 5.41 Å². The van der Waals surface area contributed by atoms with Crippen LogP contribution in [0.25, 0.3) is 0 Å². The third-order valence-corrected chi connectivity index (χ3v) is 6.06. The van der Waals surface area contributed by atoms with Crippen LogP contribution >= 0.6 is 0 Å². The largest absolute Gasteiger partial charge is 0.455 e. The molecule has 5 nitrogen and oxygen atoms in total. The lowest BCUT2D eigenvalue weighted by Gasteiger charge is -2.37. The number of benzene rings is 2. The summed E-state index contributed by atoms with van der Waals surface area (Å²) >= 11 is 0. The monoisotopic (exact) mass is 392 g/mol. The fourth-order valence-electron chi connectivity index (χ4n) is 4.15. The van der Waals surface area contributed by atoms with E-state index in [1.54, 1.807) is 0 Å². The van der Waals surface area contributed by atoms with Gasteiger partial charge in [0.1, 0.15) is 11.2 Å². The number of para-hydroxylation sites is 3. The van der Waals surface area contributed by atoms with Gasteiger partial charge in [-0.2, -0.15) is 0 Å². The fraction of sp³-hybridized carbons (Fsp3) is 0.417. The van der Waals surface area contributed by atoms with E-state index in [0.717, 1.165) is 32.2 Å². The molecule has 2 amide bonds. The molecular weight excluding hydrogens is 364 g/mol. The maximum absolute atomic E-state index is 13.3. The van der Waals surface area contributed by atoms with Crippen LogP contribution in [-0.2, 0) is 9.59 Å². The predicted molar refractivity (Wildman–Crippen MR) is 113 cm³/mol. The molecule has 1 atom stereocenters. The van der Waals surface area contributed by atoms with Crippen LogP contribution in [0.1, 0.15) is 45.4 Å². The summed E-state index contributed by atoms with van der Waals surface area (Å²) in [6.07, 6.45) is 5.39. The first-order valence-electron chi connectivity index (χ1n) is 10.6. The van der Waals surface area contributed by atoms with Crippen LogP contribution in [0, 0.1) is 5.41 Å². The maximum atomic E-state index is 13.3. The summed E-state index contributed by atoms with van der Waals surface area (Å²) in [6.45, 7) is 2.88. The molecular formula is C24H28N2O3. The Bertz CT molecular complexity index is 877. The van der Waals surface area contributed by atoms with Gasteiger partial charge < -0.3 is 15.0 Å². The van der Waals surface area contributed by atoms with Crippen molar-refractivity contribution in [2.24, 2.45) is 5.41 Å². The van der Waals surface area contributed by atoms with Gasteiger partial charge in [0.25, 0.3) is 0 Å². The van der Waals surface area contributed by atoms with E-state index in [-0.39, 0.29) is 17.9 Å². The van der Waals surface area contributed by atoms with E-state index in [1.165, 1.54) is 0 Å². The molecule has 1 unspecified atom stereocenters. The van der Waals surface area contributed by atoms with Crippen molar-refractivity contribution in [1.29, 1.82) is 0 Å². The molecule has 2 fully saturated rings. The Morgan fingerprint density at radius 1 is 1.07 bits per heavy atom. The molecule has 1 N–H and O–H groups in total. The van der Waals surface area contributed by atoms with Crippen LogP contribution in [0.15, 0.2) is 54.6 Å². The van der Waals surface area contributed by atoms with Crippen molar-refractivity contribution in [3.05, 3.63) is 54.6 Å². The van der Waals surface area contributed by atoms with Crippen molar-refractivity contribution in [1.82, 2.24) is 4.90 Å². The maximum Gasteiger partial charge on any atom is 0.240 e. The minimum atomic E-state index is -0.912. The lowest BCUT2D eigenvalue weighted by atomic mass is 9.95. The summed E-state index contributed by atoms with van der Waals surface area (Å²) in [4.78, 5) is 28.4. The van der Waals surface area contributed by atoms with Crippen molar-refractivity contribution >= 4 is 17.5 Å². The van der Waals surface area contributed by atoms with Gasteiger partial charge in [-0.05, 0) is 62.8 Å². The molecule has 0 bridgehead atoms. The third kappa shape index (κ3) is 4.00. The van der Waals surface area contributed by atoms with Gasteiger partial charge in [0, 0.05) is 12.6 Å². The number of carbonyl (C=O) groups excluding carboxylic acids is 2.